The highest BCUT2D eigenvalue weighted by Crippen LogP contribution is 2.28. The Morgan fingerprint density at radius 1 is 1.56 bits per heavy atom. The van der Waals surface area contributed by atoms with Crippen molar-refractivity contribution in [3.8, 4) is 0 Å². The molecule has 5 nitrogen and oxygen atoms in total. The molecule has 1 amide bonds. The number of anilines is 1. The Morgan fingerprint density at radius 3 is 2.72 bits per heavy atom. The van der Waals surface area contributed by atoms with Gasteiger partial charge in [0.15, 0.2) is 0 Å². The molecule has 18 heavy (non-hydrogen) atoms. The second-order valence-corrected chi connectivity index (χ2v) is 5.08. The Balaban J connectivity index is 2.66. The van der Waals surface area contributed by atoms with E-state index in [0.29, 0.717) is 10.7 Å². The number of thioether (sulfide) groups is 1. The Bertz CT molecular complexity index is 468. The minimum atomic E-state index is -1.08. The normalized spacial score (nSPS) is 11.9. The molecule has 0 spiro atoms. The SMILES string of the molecule is CC(=O)NC(CSc1ccc(Cl)cc1N)C(=O)O. The van der Waals surface area contributed by atoms with E-state index in [-0.39, 0.29) is 11.7 Å². The lowest BCUT2D eigenvalue weighted by Crippen LogP contribution is -2.41. The number of hydrogen-bond donors (Lipinski definition) is 3. The summed E-state index contributed by atoms with van der Waals surface area (Å²) < 4.78 is 0. The number of rotatable bonds is 5. The lowest BCUT2D eigenvalue weighted by Gasteiger charge is -2.13. The van der Waals surface area contributed by atoms with Crippen molar-refractivity contribution in [3.05, 3.63) is 23.2 Å². The Kier molecular flexibility index (Phi) is 5.30. The van der Waals surface area contributed by atoms with Gasteiger partial charge in [-0.15, -0.1) is 11.8 Å². The van der Waals surface area contributed by atoms with E-state index in [1.165, 1.54) is 18.7 Å². The highest BCUT2D eigenvalue weighted by Gasteiger charge is 2.18. The summed E-state index contributed by atoms with van der Waals surface area (Å²) in [6, 6.07) is 4.05. The zero-order chi connectivity index (χ0) is 13.7. The monoisotopic (exact) mass is 288 g/mol. The summed E-state index contributed by atoms with van der Waals surface area (Å²) in [5, 5.41) is 11.8. The summed E-state index contributed by atoms with van der Waals surface area (Å²) in [5.41, 5.74) is 6.23. The van der Waals surface area contributed by atoms with Gasteiger partial charge in [0.2, 0.25) is 5.91 Å². The molecule has 1 atom stereocenters. The van der Waals surface area contributed by atoms with Crippen LogP contribution < -0.4 is 11.1 Å². The van der Waals surface area contributed by atoms with Gasteiger partial charge in [0.05, 0.1) is 0 Å². The van der Waals surface area contributed by atoms with Gasteiger partial charge in [-0.3, -0.25) is 4.79 Å². The predicted molar refractivity (Wildman–Crippen MR) is 71.8 cm³/mol. The summed E-state index contributed by atoms with van der Waals surface area (Å²) >= 11 is 7.01. The van der Waals surface area contributed by atoms with Gasteiger partial charge < -0.3 is 16.2 Å². The average Bonchev–Trinajstić information content (AvgIpc) is 2.25. The number of nitrogens with one attached hydrogen (secondary N) is 1. The zero-order valence-electron chi connectivity index (χ0n) is 9.64. The summed E-state index contributed by atoms with van der Waals surface area (Å²) in [6.45, 7) is 1.28. The van der Waals surface area contributed by atoms with Crippen LogP contribution >= 0.6 is 23.4 Å². The molecule has 4 N–H and O–H groups in total. The molecule has 0 fully saturated rings. The number of carbonyl (C=O) groups is 2. The number of aliphatic carboxylic acids is 1. The Labute approximate surface area is 114 Å². The van der Waals surface area contributed by atoms with Crippen molar-refractivity contribution >= 4 is 40.9 Å². The quantitative estimate of drug-likeness (QED) is 0.565. The third kappa shape index (κ3) is 4.46. The van der Waals surface area contributed by atoms with E-state index in [4.69, 9.17) is 22.4 Å². The molecule has 0 heterocycles. The molecule has 1 aromatic carbocycles. The molecule has 0 aromatic heterocycles. The molecule has 1 aromatic rings. The number of carbonyl (C=O) groups excluding carboxylic acids is 1. The Hall–Kier alpha value is -1.40. The first-order valence-corrected chi connectivity index (χ1v) is 6.44. The number of hydrogen-bond acceptors (Lipinski definition) is 4. The van der Waals surface area contributed by atoms with Crippen LogP contribution in [0.1, 0.15) is 6.92 Å². The lowest BCUT2D eigenvalue weighted by molar-refractivity contribution is -0.140. The number of amides is 1. The molecular formula is C11H13ClN2O3S. The van der Waals surface area contributed by atoms with Gasteiger partial charge in [0.1, 0.15) is 6.04 Å². The van der Waals surface area contributed by atoms with Gasteiger partial charge in [-0.1, -0.05) is 11.6 Å². The van der Waals surface area contributed by atoms with Crippen molar-refractivity contribution in [2.75, 3.05) is 11.5 Å². The molecule has 1 unspecified atom stereocenters. The minimum Gasteiger partial charge on any atom is -0.480 e. The molecule has 0 aliphatic heterocycles. The van der Waals surface area contributed by atoms with Crippen LogP contribution in [0.3, 0.4) is 0 Å². The molecule has 98 valence electrons. The molecule has 0 radical (unpaired) electrons. The molecule has 7 heteroatoms. The number of carboxylic acids is 1. The number of halogens is 1. The molecule has 0 saturated heterocycles. The highest BCUT2D eigenvalue weighted by molar-refractivity contribution is 7.99. The lowest BCUT2D eigenvalue weighted by atomic mass is 10.3. The minimum absolute atomic E-state index is 0.195. The van der Waals surface area contributed by atoms with Crippen LogP contribution in [0.25, 0.3) is 0 Å². The maximum Gasteiger partial charge on any atom is 0.327 e. The van der Waals surface area contributed by atoms with Gasteiger partial charge in [0.25, 0.3) is 0 Å². The van der Waals surface area contributed by atoms with Crippen molar-refractivity contribution in [1.29, 1.82) is 0 Å². The smallest absolute Gasteiger partial charge is 0.327 e. The molecule has 0 aliphatic rings. The van der Waals surface area contributed by atoms with Crippen molar-refractivity contribution in [2.24, 2.45) is 0 Å². The summed E-state index contributed by atoms with van der Waals surface area (Å²) in [6.07, 6.45) is 0. The topological polar surface area (TPSA) is 92.4 Å². The van der Waals surface area contributed by atoms with E-state index in [1.54, 1.807) is 18.2 Å². The fourth-order valence-corrected chi connectivity index (χ4v) is 2.39. The van der Waals surface area contributed by atoms with Crippen LogP contribution in [0.2, 0.25) is 5.02 Å². The van der Waals surface area contributed by atoms with Gasteiger partial charge in [-0.2, -0.15) is 0 Å². The average molecular weight is 289 g/mol. The van der Waals surface area contributed by atoms with E-state index in [0.717, 1.165) is 4.90 Å². The van der Waals surface area contributed by atoms with Crippen LogP contribution in [-0.2, 0) is 9.59 Å². The fourth-order valence-electron chi connectivity index (χ4n) is 1.24. The van der Waals surface area contributed by atoms with Crippen LogP contribution in [-0.4, -0.2) is 28.8 Å². The third-order valence-corrected chi connectivity index (χ3v) is 3.47. The maximum atomic E-state index is 10.9. The summed E-state index contributed by atoms with van der Waals surface area (Å²) in [5.74, 6) is -1.27. The van der Waals surface area contributed by atoms with Crippen molar-refractivity contribution in [1.82, 2.24) is 5.32 Å². The van der Waals surface area contributed by atoms with Crippen molar-refractivity contribution < 1.29 is 14.7 Å². The molecule has 0 aliphatic carbocycles. The van der Waals surface area contributed by atoms with E-state index in [1.807, 2.05) is 0 Å². The van der Waals surface area contributed by atoms with Crippen LogP contribution in [0.4, 0.5) is 5.69 Å². The van der Waals surface area contributed by atoms with Crippen molar-refractivity contribution in [3.63, 3.8) is 0 Å². The van der Waals surface area contributed by atoms with E-state index >= 15 is 0 Å². The van der Waals surface area contributed by atoms with Crippen molar-refractivity contribution in [2.45, 2.75) is 17.9 Å². The van der Waals surface area contributed by atoms with Gasteiger partial charge in [0, 0.05) is 28.3 Å². The first-order chi connectivity index (χ1) is 8.40. The fraction of sp³-hybridized carbons (Fsp3) is 0.273. The highest BCUT2D eigenvalue weighted by atomic mass is 35.5. The number of carboxylic acid groups (broad SMARTS) is 1. The number of benzene rings is 1. The third-order valence-electron chi connectivity index (χ3n) is 2.05. The number of nitrogens with two attached hydrogens (primary N) is 1. The largest absolute Gasteiger partial charge is 0.480 e. The van der Waals surface area contributed by atoms with Gasteiger partial charge in [-0.05, 0) is 18.2 Å². The Morgan fingerprint density at radius 2 is 2.22 bits per heavy atom. The summed E-state index contributed by atoms with van der Waals surface area (Å²) in [7, 11) is 0. The van der Waals surface area contributed by atoms with Crippen LogP contribution in [0.5, 0.6) is 0 Å². The van der Waals surface area contributed by atoms with Crippen LogP contribution in [0.15, 0.2) is 23.1 Å². The predicted octanol–water partition coefficient (Wildman–Crippen LogP) is 1.60. The maximum absolute atomic E-state index is 10.9. The first-order valence-electron chi connectivity index (χ1n) is 5.08. The molecule has 1 rings (SSSR count). The molecule has 0 bridgehead atoms. The van der Waals surface area contributed by atoms with Gasteiger partial charge >= 0.3 is 5.97 Å². The van der Waals surface area contributed by atoms with E-state index in [2.05, 4.69) is 5.32 Å². The second-order valence-electron chi connectivity index (χ2n) is 3.58. The zero-order valence-corrected chi connectivity index (χ0v) is 11.2. The van der Waals surface area contributed by atoms with Crippen LogP contribution in [0, 0.1) is 0 Å². The van der Waals surface area contributed by atoms with E-state index < -0.39 is 12.0 Å². The van der Waals surface area contributed by atoms with E-state index in [9.17, 15) is 9.59 Å². The standard InChI is InChI=1S/C11H13ClN2O3S/c1-6(15)14-9(11(16)17)5-18-10-3-2-7(12)4-8(10)13/h2-4,9H,5,13H2,1H3,(H,14,15)(H,16,17). The van der Waals surface area contributed by atoms with Gasteiger partial charge in [-0.25, -0.2) is 4.79 Å². The first kappa shape index (κ1) is 14.7. The molecular weight excluding hydrogens is 276 g/mol. The summed E-state index contributed by atoms with van der Waals surface area (Å²) in [4.78, 5) is 22.5. The molecule has 0 saturated carbocycles. The second kappa shape index (κ2) is 6.51. The number of nitrogen functional groups attached to an aromatic ring is 1.